The van der Waals surface area contributed by atoms with Crippen LogP contribution in [-0.4, -0.2) is 23.0 Å². The van der Waals surface area contributed by atoms with Gasteiger partial charge < -0.3 is 15.2 Å². The number of amides is 1. The largest absolute Gasteiger partial charge is 0.481 e. The Hall–Kier alpha value is -4.38. The highest BCUT2D eigenvalue weighted by molar-refractivity contribution is 5.94. The Morgan fingerprint density at radius 1 is 0.784 bits per heavy atom. The number of aryl methyl sites for hydroxylation is 2. The second kappa shape index (κ2) is 12.5. The molecule has 2 N–H and O–H groups in total. The maximum Gasteiger partial charge on any atom is 0.303 e. The minimum absolute atomic E-state index is 0.0668. The van der Waals surface area contributed by atoms with Gasteiger partial charge in [-0.25, -0.2) is 0 Å². The fourth-order valence-corrected chi connectivity index (χ4v) is 4.33. The van der Waals surface area contributed by atoms with Crippen LogP contribution in [0.3, 0.4) is 0 Å². The van der Waals surface area contributed by atoms with E-state index in [0.29, 0.717) is 23.5 Å². The third kappa shape index (κ3) is 7.80. The highest BCUT2D eigenvalue weighted by Gasteiger charge is 2.16. The van der Waals surface area contributed by atoms with Crippen LogP contribution in [0.2, 0.25) is 0 Å². The fraction of sp³-hybridized carbons (Fsp3) is 0.188. The molecule has 4 rings (SSSR count). The molecule has 188 valence electrons. The van der Waals surface area contributed by atoms with Crippen LogP contribution < -0.4 is 10.1 Å². The highest BCUT2D eigenvalue weighted by Crippen LogP contribution is 2.25. The average Bonchev–Trinajstić information content (AvgIpc) is 2.89. The van der Waals surface area contributed by atoms with Crippen molar-refractivity contribution in [2.24, 2.45) is 0 Å². The Kier molecular flexibility index (Phi) is 8.71. The van der Waals surface area contributed by atoms with Crippen molar-refractivity contribution in [1.29, 1.82) is 0 Å². The molecule has 5 heteroatoms. The van der Waals surface area contributed by atoms with Crippen molar-refractivity contribution >= 4 is 11.9 Å². The summed E-state index contributed by atoms with van der Waals surface area (Å²) in [4.78, 5) is 24.1. The van der Waals surface area contributed by atoms with Crippen LogP contribution in [0.5, 0.6) is 11.5 Å². The Morgan fingerprint density at radius 2 is 1.41 bits per heavy atom. The second-order valence-corrected chi connectivity index (χ2v) is 9.16. The van der Waals surface area contributed by atoms with E-state index in [1.54, 1.807) is 12.1 Å². The number of carbonyl (C=O) groups is 2. The predicted molar refractivity (Wildman–Crippen MR) is 145 cm³/mol. The lowest BCUT2D eigenvalue weighted by Crippen LogP contribution is -2.38. The van der Waals surface area contributed by atoms with Crippen LogP contribution in [0, 0.1) is 6.92 Å². The van der Waals surface area contributed by atoms with E-state index in [1.165, 1.54) is 11.1 Å². The summed E-state index contributed by atoms with van der Waals surface area (Å²) in [5.41, 5.74) is 4.81. The number of ether oxygens (including phenoxy) is 1. The molecule has 0 fully saturated rings. The van der Waals surface area contributed by atoms with Gasteiger partial charge in [-0.3, -0.25) is 9.59 Å². The Labute approximate surface area is 217 Å². The summed E-state index contributed by atoms with van der Waals surface area (Å²) in [6, 6.07) is 33.0. The van der Waals surface area contributed by atoms with Gasteiger partial charge in [0.25, 0.3) is 5.91 Å². The van der Waals surface area contributed by atoms with E-state index in [-0.39, 0.29) is 18.4 Å². The lowest BCUT2D eigenvalue weighted by molar-refractivity contribution is -0.136. The average molecular weight is 494 g/mol. The Bertz CT molecular complexity index is 1290. The van der Waals surface area contributed by atoms with Gasteiger partial charge in [-0.15, -0.1) is 0 Å². The number of nitrogens with one attached hydrogen (secondary N) is 1. The molecule has 0 heterocycles. The maximum absolute atomic E-state index is 13.3. The zero-order valence-electron chi connectivity index (χ0n) is 20.9. The quantitative estimate of drug-likeness (QED) is 0.254. The molecule has 5 nitrogen and oxygen atoms in total. The molecule has 0 spiro atoms. The molecule has 0 unspecified atom stereocenters. The monoisotopic (exact) mass is 493 g/mol. The summed E-state index contributed by atoms with van der Waals surface area (Å²) in [6.07, 6.45) is 2.02. The molecular weight excluding hydrogens is 462 g/mol. The lowest BCUT2D eigenvalue weighted by atomic mass is 9.98. The van der Waals surface area contributed by atoms with E-state index in [2.05, 4.69) is 29.6 Å². The first-order valence-corrected chi connectivity index (χ1v) is 12.4. The number of aliphatic carboxylic acids is 1. The minimum atomic E-state index is -0.815. The van der Waals surface area contributed by atoms with Crippen LogP contribution in [-0.2, 0) is 24.1 Å². The van der Waals surface area contributed by atoms with Crippen LogP contribution in [0.15, 0.2) is 103 Å². The molecule has 37 heavy (non-hydrogen) atoms. The van der Waals surface area contributed by atoms with Gasteiger partial charge in [-0.05, 0) is 78.8 Å². The summed E-state index contributed by atoms with van der Waals surface area (Å²) in [7, 11) is 0. The normalized spacial score (nSPS) is 10.8. The number of hydrogen-bond donors (Lipinski definition) is 2. The maximum atomic E-state index is 13.3. The summed E-state index contributed by atoms with van der Waals surface area (Å²) in [6.45, 7) is 1.94. The first-order valence-electron chi connectivity index (χ1n) is 12.4. The van der Waals surface area contributed by atoms with Gasteiger partial charge in [0.2, 0.25) is 0 Å². The van der Waals surface area contributed by atoms with Crippen LogP contribution in [0.4, 0.5) is 0 Å². The molecule has 1 amide bonds. The number of benzene rings is 4. The van der Waals surface area contributed by atoms with Gasteiger partial charge in [0.15, 0.2) is 0 Å². The molecule has 0 radical (unpaired) electrons. The lowest BCUT2D eigenvalue weighted by Gasteiger charge is -2.20. The molecule has 4 aromatic carbocycles. The van der Waals surface area contributed by atoms with Crippen LogP contribution >= 0.6 is 0 Å². The smallest absolute Gasteiger partial charge is 0.303 e. The molecule has 0 aromatic heterocycles. The number of carboxylic acids is 1. The van der Waals surface area contributed by atoms with Crippen molar-refractivity contribution < 1.29 is 19.4 Å². The van der Waals surface area contributed by atoms with Crippen LogP contribution in [0.1, 0.15) is 39.0 Å². The van der Waals surface area contributed by atoms with Crippen molar-refractivity contribution in [2.45, 2.75) is 38.6 Å². The third-order valence-corrected chi connectivity index (χ3v) is 6.24. The first kappa shape index (κ1) is 25.7. The predicted octanol–water partition coefficient (Wildman–Crippen LogP) is 6.39. The molecular formula is C32H31NO4. The number of carbonyl (C=O) groups excluding carboxylic acids is 1. The second-order valence-electron chi connectivity index (χ2n) is 9.16. The number of carboxylic acid groups (broad SMARTS) is 1. The molecule has 0 atom stereocenters. The van der Waals surface area contributed by atoms with Gasteiger partial charge in [0, 0.05) is 18.0 Å². The molecule has 0 aliphatic heterocycles. The topological polar surface area (TPSA) is 75.6 Å². The number of rotatable bonds is 11. The van der Waals surface area contributed by atoms with Crippen molar-refractivity contribution in [3.05, 3.63) is 131 Å². The standard InChI is InChI=1S/C32H31NO4/c1-23-19-30(17-15-26(23)16-18-31(34)35)37-29-14-8-13-27(22-29)32(36)33-28(20-24-9-4-2-5-10-24)21-25-11-6-3-7-12-25/h2-15,17,19,22,28H,16,18,20-21H2,1H3,(H,33,36)(H,34,35). The van der Waals surface area contributed by atoms with E-state index in [4.69, 9.17) is 9.84 Å². The molecule has 0 bridgehead atoms. The Balaban J connectivity index is 1.45. The van der Waals surface area contributed by atoms with Gasteiger partial charge >= 0.3 is 5.97 Å². The third-order valence-electron chi connectivity index (χ3n) is 6.24. The summed E-state index contributed by atoms with van der Waals surface area (Å²) >= 11 is 0. The van der Waals surface area contributed by atoms with E-state index in [0.717, 1.165) is 24.0 Å². The molecule has 4 aromatic rings. The molecule has 0 aliphatic carbocycles. The first-order chi connectivity index (χ1) is 18.0. The van der Waals surface area contributed by atoms with Gasteiger partial charge in [-0.2, -0.15) is 0 Å². The fourth-order valence-electron chi connectivity index (χ4n) is 4.33. The van der Waals surface area contributed by atoms with Crippen LogP contribution in [0.25, 0.3) is 0 Å². The van der Waals surface area contributed by atoms with Gasteiger partial charge in [-0.1, -0.05) is 72.8 Å². The SMILES string of the molecule is Cc1cc(Oc2cccc(C(=O)NC(Cc3ccccc3)Cc3ccccc3)c2)ccc1CCC(=O)O. The minimum Gasteiger partial charge on any atom is -0.481 e. The van der Waals surface area contributed by atoms with E-state index in [1.807, 2.05) is 73.7 Å². The van der Waals surface area contributed by atoms with E-state index >= 15 is 0 Å². The van der Waals surface area contributed by atoms with E-state index < -0.39 is 5.97 Å². The van der Waals surface area contributed by atoms with Crippen molar-refractivity contribution in [1.82, 2.24) is 5.32 Å². The Morgan fingerprint density at radius 3 is 2.00 bits per heavy atom. The summed E-state index contributed by atoms with van der Waals surface area (Å²) in [5.74, 6) is 0.236. The molecule has 0 saturated heterocycles. The summed E-state index contributed by atoms with van der Waals surface area (Å²) in [5, 5.41) is 12.1. The van der Waals surface area contributed by atoms with Gasteiger partial charge in [0.1, 0.15) is 11.5 Å². The molecule has 0 aliphatic rings. The van der Waals surface area contributed by atoms with Crippen molar-refractivity contribution in [2.75, 3.05) is 0 Å². The van der Waals surface area contributed by atoms with Crippen molar-refractivity contribution in [3.8, 4) is 11.5 Å². The zero-order valence-corrected chi connectivity index (χ0v) is 20.9. The zero-order chi connectivity index (χ0) is 26.0. The molecule has 0 saturated carbocycles. The summed E-state index contributed by atoms with van der Waals surface area (Å²) < 4.78 is 6.03. The highest BCUT2D eigenvalue weighted by atomic mass is 16.5. The van der Waals surface area contributed by atoms with Gasteiger partial charge in [0.05, 0.1) is 0 Å². The van der Waals surface area contributed by atoms with Crippen molar-refractivity contribution in [3.63, 3.8) is 0 Å². The number of hydrogen-bond acceptors (Lipinski definition) is 3. The van der Waals surface area contributed by atoms with E-state index in [9.17, 15) is 9.59 Å².